The van der Waals surface area contributed by atoms with Gasteiger partial charge in [-0.3, -0.25) is 4.90 Å². The molecule has 6 rings (SSSR count). The van der Waals surface area contributed by atoms with Crippen molar-refractivity contribution in [3.63, 3.8) is 0 Å². The average Bonchev–Trinajstić information content (AvgIpc) is 3.28. The van der Waals surface area contributed by atoms with Gasteiger partial charge in [-0.2, -0.15) is 5.10 Å². The Balaban J connectivity index is 1.21. The minimum Gasteiger partial charge on any atom is -0.493 e. The van der Waals surface area contributed by atoms with Gasteiger partial charge in [-0.25, -0.2) is 14.5 Å². The van der Waals surface area contributed by atoms with Crippen LogP contribution in [0.15, 0.2) is 49.1 Å². The van der Waals surface area contributed by atoms with E-state index in [0.717, 1.165) is 41.2 Å². The van der Waals surface area contributed by atoms with Crippen LogP contribution in [0.25, 0.3) is 5.65 Å². The van der Waals surface area contributed by atoms with Gasteiger partial charge in [-0.1, -0.05) is 0 Å². The molecule has 0 N–H and O–H groups in total. The maximum atomic E-state index is 6.26. The molecule has 36 heavy (non-hydrogen) atoms. The van der Waals surface area contributed by atoms with Crippen LogP contribution in [0.1, 0.15) is 22.8 Å². The number of rotatable bonds is 7. The molecule has 1 fully saturated rings. The van der Waals surface area contributed by atoms with Gasteiger partial charge in [-0.15, -0.1) is 0 Å². The first-order valence-corrected chi connectivity index (χ1v) is 11.8. The van der Waals surface area contributed by atoms with Crippen LogP contribution in [0.4, 0.5) is 0 Å². The van der Waals surface area contributed by atoms with E-state index in [9.17, 15) is 0 Å². The Morgan fingerprint density at radius 1 is 1.06 bits per heavy atom. The monoisotopic (exact) mass is 489 g/mol. The van der Waals surface area contributed by atoms with Gasteiger partial charge in [0.2, 0.25) is 11.6 Å². The number of likely N-dealkylation sites (tertiary alicyclic amines) is 1. The van der Waals surface area contributed by atoms with Gasteiger partial charge < -0.3 is 23.7 Å². The van der Waals surface area contributed by atoms with E-state index in [0.29, 0.717) is 36.2 Å². The second-order valence-electron chi connectivity index (χ2n) is 9.04. The van der Waals surface area contributed by atoms with Gasteiger partial charge in [0.25, 0.3) is 0 Å². The van der Waals surface area contributed by atoms with E-state index < -0.39 is 0 Å². The fourth-order valence-electron chi connectivity index (χ4n) is 4.54. The van der Waals surface area contributed by atoms with Crippen LogP contribution >= 0.6 is 0 Å². The van der Waals surface area contributed by atoms with Gasteiger partial charge in [0.15, 0.2) is 29.0 Å². The quantitative estimate of drug-likeness (QED) is 0.388. The zero-order valence-electron chi connectivity index (χ0n) is 20.4. The van der Waals surface area contributed by atoms with Gasteiger partial charge in [-0.05, 0) is 30.8 Å². The molecule has 186 valence electrons. The number of methoxy groups -OCH3 is 2. The Labute approximate surface area is 208 Å². The second-order valence-corrected chi connectivity index (χ2v) is 9.04. The number of nitrogens with zero attached hydrogens (tertiary/aromatic N) is 5. The van der Waals surface area contributed by atoms with Crippen molar-refractivity contribution in [1.82, 2.24) is 24.5 Å². The Bertz CT molecular complexity index is 1370. The third kappa shape index (κ3) is 4.24. The highest BCUT2D eigenvalue weighted by Crippen LogP contribution is 2.44. The highest BCUT2D eigenvalue weighted by atomic mass is 16.6. The summed E-state index contributed by atoms with van der Waals surface area (Å²) in [6.07, 6.45) is 7.73. The number of hydrogen-bond acceptors (Lipinski definition) is 9. The van der Waals surface area contributed by atoms with E-state index in [1.54, 1.807) is 37.2 Å². The maximum Gasteiger partial charge on any atom is 0.212 e. The Morgan fingerprint density at radius 3 is 2.69 bits per heavy atom. The summed E-state index contributed by atoms with van der Waals surface area (Å²) in [5.41, 5.74) is 3.69. The highest BCUT2D eigenvalue weighted by Gasteiger charge is 2.28. The van der Waals surface area contributed by atoms with Crippen molar-refractivity contribution in [3.8, 4) is 28.9 Å². The van der Waals surface area contributed by atoms with Gasteiger partial charge in [0, 0.05) is 42.9 Å². The molecule has 10 nitrogen and oxygen atoms in total. The first-order chi connectivity index (χ1) is 17.6. The fourth-order valence-corrected chi connectivity index (χ4v) is 4.54. The van der Waals surface area contributed by atoms with Gasteiger partial charge in [0.05, 0.1) is 32.8 Å². The van der Waals surface area contributed by atoms with Crippen molar-refractivity contribution in [3.05, 3.63) is 65.7 Å². The lowest BCUT2D eigenvalue weighted by Crippen LogP contribution is -2.51. The van der Waals surface area contributed by atoms with E-state index in [2.05, 4.69) is 27.0 Å². The largest absolute Gasteiger partial charge is 0.493 e. The zero-order valence-corrected chi connectivity index (χ0v) is 20.4. The van der Waals surface area contributed by atoms with E-state index in [1.165, 1.54) is 0 Å². The fraction of sp³-hybridized carbons (Fsp3) is 0.346. The molecule has 0 bridgehead atoms. The number of benzene rings is 1. The molecule has 0 amide bonds. The second kappa shape index (κ2) is 9.19. The normalized spacial score (nSPS) is 17.6. The summed E-state index contributed by atoms with van der Waals surface area (Å²) in [6, 6.07) is 7.67. The number of likely N-dealkylation sites (N-methyl/N-ethyl adjacent to an activating group) is 1. The number of aromatic nitrogens is 4. The van der Waals surface area contributed by atoms with Crippen molar-refractivity contribution in [2.45, 2.75) is 18.6 Å². The Hall–Kier alpha value is -4.05. The summed E-state index contributed by atoms with van der Waals surface area (Å²) in [4.78, 5) is 11.1. The molecule has 3 aromatic heterocycles. The number of fused-ring (bicyclic) bond motifs is 2. The molecule has 0 aliphatic carbocycles. The molecule has 1 aromatic carbocycles. The first kappa shape index (κ1) is 22.4. The van der Waals surface area contributed by atoms with Crippen molar-refractivity contribution in [2.75, 3.05) is 41.0 Å². The molecule has 10 heteroatoms. The molecular weight excluding hydrogens is 462 g/mol. The van der Waals surface area contributed by atoms with Crippen molar-refractivity contribution in [2.24, 2.45) is 0 Å². The number of hydrogen-bond donors (Lipinski definition) is 0. The van der Waals surface area contributed by atoms with Gasteiger partial charge >= 0.3 is 0 Å². The van der Waals surface area contributed by atoms with Crippen molar-refractivity contribution in [1.29, 1.82) is 0 Å². The summed E-state index contributed by atoms with van der Waals surface area (Å²) < 4.78 is 30.9. The first-order valence-electron chi connectivity index (χ1n) is 11.8. The Kier molecular flexibility index (Phi) is 5.73. The number of pyridine rings is 1. The SMILES string of the molecule is COc1ccc(C2COc3cc(Cc4cnn5cc(OC6CN(C)C6)cnc45)cc(OC)c3O2)cn1. The third-order valence-corrected chi connectivity index (χ3v) is 6.42. The molecule has 1 atom stereocenters. The zero-order chi connectivity index (χ0) is 24.6. The van der Waals surface area contributed by atoms with Crippen LogP contribution in [0.5, 0.6) is 28.9 Å². The standard InChI is InChI=1S/C26H27N5O5/c1-30-12-20(13-30)35-19-11-28-26-18(10-29-31(26)14-19)6-16-7-21(32-2)25-22(8-16)34-15-23(36-25)17-4-5-24(33-3)27-9-17/h4-5,7-11,14,20,23H,6,12-13,15H2,1-3H3. The summed E-state index contributed by atoms with van der Waals surface area (Å²) in [7, 11) is 5.29. The molecule has 2 aliphatic rings. The van der Waals surface area contributed by atoms with Crippen LogP contribution in [-0.2, 0) is 6.42 Å². The summed E-state index contributed by atoms with van der Waals surface area (Å²) >= 11 is 0. The Morgan fingerprint density at radius 2 is 1.94 bits per heavy atom. The molecule has 0 spiro atoms. The van der Waals surface area contributed by atoms with E-state index in [4.69, 9.17) is 23.7 Å². The maximum absolute atomic E-state index is 6.26. The summed E-state index contributed by atoms with van der Waals surface area (Å²) in [5.74, 6) is 3.11. The molecule has 5 heterocycles. The van der Waals surface area contributed by atoms with Crippen LogP contribution < -0.4 is 23.7 Å². The lowest BCUT2D eigenvalue weighted by atomic mass is 10.1. The smallest absolute Gasteiger partial charge is 0.212 e. The predicted molar refractivity (Wildman–Crippen MR) is 130 cm³/mol. The van der Waals surface area contributed by atoms with Crippen LogP contribution in [0.2, 0.25) is 0 Å². The van der Waals surface area contributed by atoms with Crippen LogP contribution in [-0.4, -0.2) is 71.5 Å². The lowest BCUT2D eigenvalue weighted by Gasteiger charge is -2.35. The third-order valence-electron chi connectivity index (χ3n) is 6.42. The molecule has 2 aliphatic heterocycles. The number of ether oxygens (including phenoxy) is 5. The topological polar surface area (TPSA) is 92.5 Å². The summed E-state index contributed by atoms with van der Waals surface area (Å²) in [5, 5.41) is 4.49. The van der Waals surface area contributed by atoms with Crippen molar-refractivity contribution >= 4 is 5.65 Å². The molecular formula is C26H27N5O5. The van der Waals surface area contributed by atoms with Crippen molar-refractivity contribution < 1.29 is 23.7 Å². The van der Waals surface area contributed by atoms with Crippen LogP contribution in [0.3, 0.4) is 0 Å². The summed E-state index contributed by atoms with van der Waals surface area (Å²) in [6.45, 7) is 2.21. The highest BCUT2D eigenvalue weighted by molar-refractivity contribution is 5.57. The van der Waals surface area contributed by atoms with E-state index in [-0.39, 0.29) is 12.2 Å². The van der Waals surface area contributed by atoms with E-state index in [1.807, 2.05) is 30.6 Å². The molecule has 1 saturated heterocycles. The predicted octanol–water partition coefficient (Wildman–Crippen LogP) is 2.94. The van der Waals surface area contributed by atoms with E-state index >= 15 is 0 Å². The molecule has 0 radical (unpaired) electrons. The minimum absolute atomic E-state index is 0.204. The van der Waals surface area contributed by atoms with Gasteiger partial charge in [0.1, 0.15) is 12.7 Å². The lowest BCUT2D eigenvalue weighted by molar-refractivity contribution is 0.0382. The average molecular weight is 490 g/mol. The molecule has 1 unspecified atom stereocenters. The molecule has 4 aromatic rings. The molecule has 0 saturated carbocycles. The van der Waals surface area contributed by atoms with Crippen LogP contribution in [0, 0.1) is 0 Å². The minimum atomic E-state index is -0.295.